The highest BCUT2D eigenvalue weighted by molar-refractivity contribution is 9.10. The van der Waals surface area contributed by atoms with E-state index in [0.29, 0.717) is 15.7 Å². The van der Waals surface area contributed by atoms with Crippen LogP contribution in [0.5, 0.6) is 5.75 Å². The summed E-state index contributed by atoms with van der Waals surface area (Å²) >= 11 is 3.33. The fourth-order valence-corrected chi connectivity index (χ4v) is 2.58. The fourth-order valence-electron chi connectivity index (χ4n) is 2.12. The third kappa shape index (κ3) is 3.07. The average Bonchev–Trinajstić information content (AvgIpc) is 2.54. The summed E-state index contributed by atoms with van der Waals surface area (Å²) in [6.07, 6.45) is 1.48. The van der Waals surface area contributed by atoms with Crippen molar-refractivity contribution in [1.29, 1.82) is 0 Å². The molecule has 0 unspecified atom stereocenters. The predicted molar refractivity (Wildman–Crippen MR) is 91.9 cm³/mol. The third-order valence-electron chi connectivity index (χ3n) is 3.25. The molecule has 0 aliphatic rings. The van der Waals surface area contributed by atoms with E-state index in [-0.39, 0.29) is 11.6 Å². The van der Waals surface area contributed by atoms with E-state index in [9.17, 15) is 9.90 Å². The van der Waals surface area contributed by atoms with Crippen molar-refractivity contribution in [2.24, 2.45) is 5.10 Å². The van der Waals surface area contributed by atoms with Crippen LogP contribution in [0, 0.1) is 6.92 Å². The topological polar surface area (TPSA) is 103 Å². The minimum atomic E-state index is -0.566. The average molecular weight is 374 g/mol. The van der Waals surface area contributed by atoms with Gasteiger partial charge in [0.2, 0.25) is 0 Å². The maximum atomic E-state index is 11.2. The van der Waals surface area contributed by atoms with Crippen LogP contribution in [0.1, 0.15) is 11.3 Å². The molecule has 3 N–H and O–H groups in total. The number of benzene rings is 2. The third-order valence-corrected chi connectivity index (χ3v) is 3.86. The highest BCUT2D eigenvalue weighted by atomic mass is 79.9. The molecule has 0 fully saturated rings. The first-order valence-electron chi connectivity index (χ1n) is 6.69. The van der Waals surface area contributed by atoms with Crippen molar-refractivity contribution >= 4 is 38.7 Å². The number of hydrogen-bond donors (Lipinski definition) is 3. The predicted octanol–water partition coefficient (Wildman–Crippen LogP) is 2.54. The van der Waals surface area contributed by atoms with E-state index < -0.39 is 5.69 Å². The van der Waals surface area contributed by atoms with Crippen molar-refractivity contribution in [3.05, 3.63) is 56.5 Å². The molecular formula is C15H12BrN5O2. The van der Waals surface area contributed by atoms with E-state index in [1.165, 1.54) is 6.21 Å². The summed E-state index contributed by atoms with van der Waals surface area (Å²) in [5, 5.41) is 22.1. The summed E-state index contributed by atoms with van der Waals surface area (Å²) in [5.74, 6) is 0.340. The number of aromatic amines is 1. The second-order valence-electron chi connectivity index (χ2n) is 4.79. The highest BCUT2D eigenvalue weighted by Crippen LogP contribution is 2.33. The molecule has 0 spiro atoms. The van der Waals surface area contributed by atoms with Gasteiger partial charge in [-0.2, -0.15) is 15.2 Å². The second-order valence-corrected chi connectivity index (χ2v) is 5.64. The quantitative estimate of drug-likeness (QED) is 0.483. The summed E-state index contributed by atoms with van der Waals surface area (Å²) in [7, 11) is 0. The van der Waals surface area contributed by atoms with E-state index in [2.05, 4.69) is 41.6 Å². The molecule has 0 bridgehead atoms. The molecule has 0 aliphatic carbocycles. The Balaban J connectivity index is 1.99. The standard InChI is InChI=1S/C15H12BrN5O2/c1-8-14(18-15(23)21-19-8)20-17-7-11-10-5-3-2-4-9(10)6-12(16)13(11)22/h2-7,22H,1H3,(H2,18,20,21,23). The highest BCUT2D eigenvalue weighted by Gasteiger charge is 2.09. The Bertz CT molecular complexity index is 968. The molecule has 3 aromatic rings. The molecule has 0 aliphatic heterocycles. The minimum Gasteiger partial charge on any atom is -0.506 e. The number of nitrogens with zero attached hydrogens (tertiary/aromatic N) is 3. The van der Waals surface area contributed by atoms with Crippen molar-refractivity contribution in [1.82, 2.24) is 15.2 Å². The molecule has 116 valence electrons. The monoisotopic (exact) mass is 373 g/mol. The van der Waals surface area contributed by atoms with Crippen LogP contribution in [0.2, 0.25) is 0 Å². The van der Waals surface area contributed by atoms with Gasteiger partial charge in [0.25, 0.3) is 0 Å². The Morgan fingerprint density at radius 2 is 2.17 bits per heavy atom. The van der Waals surface area contributed by atoms with Crippen LogP contribution in [0.4, 0.5) is 5.82 Å². The van der Waals surface area contributed by atoms with E-state index in [0.717, 1.165) is 10.8 Å². The van der Waals surface area contributed by atoms with Gasteiger partial charge in [-0.05, 0) is 39.7 Å². The Kier molecular flexibility index (Phi) is 4.07. The van der Waals surface area contributed by atoms with Crippen LogP contribution < -0.4 is 11.1 Å². The molecule has 0 saturated carbocycles. The van der Waals surface area contributed by atoms with Gasteiger partial charge in [0.1, 0.15) is 11.4 Å². The summed E-state index contributed by atoms with van der Waals surface area (Å²) in [6, 6.07) is 9.46. The van der Waals surface area contributed by atoms with Crippen LogP contribution in [0.25, 0.3) is 10.8 Å². The first-order chi connectivity index (χ1) is 11.1. The molecule has 0 radical (unpaired) electrons. The number of H-pyrrole nitrogens is 1. The number of rotatable bonds is 3. The minimum absolute atomic E-state index is 0.0861. The van der Waals surface area contributed by atoms with Crippen LogP contribution in [-0.4, -0.2) is 26.5 Å². The Hall–Kier alpha value is -2.74. The number of aromatic hydroxyl groups is 1. The zero-order valence-corrected chi connectivity index (χ0v) is 13.6. The Labute approximate surface area is 139 Å². The number of phenols is 1. The summed E-state index contributed by atoms with van der Waals surface area (Å²) in [6.45, 7) is 1.69. The molecule has 1 aromatic heterocycles. The molecular weight excluding hydrogens is 362 g/mol. The zero-order chi connectivity index (χ0) is 16.4. The van der Waals surface area contributed by atoms with Gasteiger partial charge in [0, 0.05) is 5.56 Å². The van der Waals surface area contributed by atoms with Crippen molar-refractivity contribution in [2.75, 3.05) is 5.43 Å². The van der Waals surface area contributed by atoms with Crippen molar-refractivity contribution in [2.45, 2.75) is 6.92 Å². The van der Waals surface area contributed by atoms with Gasteiger partial charge in [0.15, 0.2) is 5.82 Å². The summed E-state index contributed by atoms with van der Waals surface area (Å²) < 4.78 is 0.574. The number of nitrogens with one attached hydrogen (secondary N) is 2. The lowest BCUT2D eigenvalue weighted by Gasteiger charge is -2.07. The number of fused-ring (bicyclic) bond motifs is 1. The number of aromatic nitrogens is 3. The second kappa shape index (κ2) is 6.17. The van der Waals surface area contributed by atoms with E-state index in [4.69, 9.17) is 0 Å². The number of halogens is 1. The zero-order valence-electron chi connectivity index (χ0n) is 12.0. The van der Waals surface area contributed by atoms with Crippen molar-refractivity contribution in [3.63, 3.8) is 0 Å². The molecule has 0 saturated heterocycles. The normalized spacial score (nSPS) is 11.2. The Morgan fingerprint density at radius 3 is 3.00 bits per heavy atom. The maximum Gasteiger partial charge on any atom is 0.363 e. The van der Waals surface area contributed by atoms with Gasteiger partial charge in [0.05, 0.1) is 10.7 Å². The van der Waals surface area contributed by atoms with Crippen LogP contribution in [0.15, 0.2) is 44.7 Å². The summed E-state index contributed by atoms with van der Waals surface area (Å²) in [5.41, 5.74) is 3.16. The smallest absolute Gasteiger partial charge is 0.363 e. The van der Waals surface area contributed by atoms with Crippen LogP contribution >= 0.6 is 15.9 Å². The molecule has 1 heterocycles. The summed E-state index contributed by atoms with van der Waals surface area (Å²) in [4.78, 5) is 14.9. The van der Waals surface area contributed by atoms with Gasteiger partial charge in [-0.3, -0.25) is 5.43 Å². The largest absolute Gasteiger partial charge is 0.506 e. The van der Waals surface area contributed by atoms with Gasteiger partial charge >= 0.3 is 5.69 Å². The first-order valence-corrected chi connectivity index (χ1v) is 7.48. The molecule has 2 aromatic carbocycles. The molecule has 7 nitrogen and oxygen atoms in total. The van der Waals surface area contributed by atoms with Crippen molar-refractivity contribution in [3.8, 4) is 5.75 Å². The molecule has 0 atom stereocenters. The van der Waals surface area contributed by atoms with Gasteiger partial charge in [-0.25, -0.2) is 9.89 Å². The Morgan fingerprint density at radius 1 is 1.39 bits per heavy atom. The van der Waals surface area contributed by atoms with Gasteiger partial charge in [-0.1, -0.05) is 24.3 Å². The van der Waals surface area contributed by atoms with E-state index in [1.54, 1.807) is 6.92 Å². The molecule has 23 heavy (non-hydrogen) atoms. The molecule has 3 rings (SSSR count). The number of phenolic OH excluding ortho intramolecular Hbond substituents is 1. The SMILES string of the molecule is Cc1n[nH]c(=O)nc1NN=Cc1c(O)c(Br)cc2ccccc12. The first kappa shape index (κ1) is 15.2. The lowest BCUT2D eigenvalue weighted by molar-refractivity contribution is 0.472. The maximum absolute atomic E-state index is 11.2. The van der Waals surface area contributed by atoms with Crippen LogP contribution in [0.3, 0.4) is 0 Å². The van der Waals surface area contributed by atoms with Crippen LogP contribution in [-0.2, 0) is 0 Å². The molecule has 0 amide bonds. The van der Waals surface area contributed by atoms with E-state index in [1.807, 2.05) is 30.3 Å². The number of hydrogen-bond acceptors (Lipinski definition) is 6. The fraction of sp³-hybridized carbons (Fsp3) is 0.0667. The number of aryl methyl sites for hydroxylation is 1. The van der Waals surface area contributed by atoms with Gasteiger partial charge in [-0.15, -0.1) is 0 Å². The van der Waals surface area contributed by atoms with Gasteiger partial charge < -0.3 is 5.11 Å². The van der Waals surface area contributed by atoms with E-state index >= 15 is 0 Å². The number of hydrazone groups is 1. The molecule has 8 heteroatoms. The number of anilines is 1. The lowest BCUT2D eigenvalue weighted by Crippen LogP contribution is -2.15. The van der Waals surface area contributed by atoms with Crippen molar-refractivity contribution < 1.29 is 5.11 Å². The lowest BCUT2D eigenvalue weighted by atomic mass is 10.0.